The van der Waals surface area contributed by atoms with Crippen LogP contribution in [0.4, 0.5) is 15.8 Å². The lowest BCUT2D eigenvalue weighted by Gasteiger charge is -2.20. The molecule has 2 unspecified atom stereocenters. The maximum atomic E-state index is 13.4. The van der Waals surface area contributed by atoms with Crippen molar-refractivity contribution in [2.24, 2.45) is 10.3 Å². The highest BCUT2D eigenvalue weighted by atomic mass is 35.5. The summed E-state index contributed by atoms with van der Waals surface area (Å²) in [5.41, 5.74) is 2.88. The number of nitrogens with one attached hydrogen (secondary N) is 1. The highest BCUT2D eigenvalue weighted by Crippen LogP contribution is 2.33. The van der Waals surface area contributed by atoms with Crippen molar-refractivity contribution in [3.05, 3.63) is 58.4 Å². The molecule has 2 aliphatic rings. The number of nitrogens with zero attached hydrogens (tertiary/aromatic N) is 4. The first-order valence-electron chi connectivity index (χ1n) is 9.13. The maximum Gasteiger partial charge on any atom is 0.263 e. The average Bonchev–Trinajstić information content (AvgIpc) is 3.21. The Bertz CT molecular complexity index is 1110. The Hall–Kier alpha value is -3.33. The van der Waals surface area contributed by atoms with E-state index in [0.717, 1.165) is 22.1 Å². The van der Waals surface area contributed by atoms with Crippen molar-refractivity contribution in [2.75, 3.05) is 16.8 Å². The molecule has 1 saturated heterocycles. The Morgan fingerprint density at radius 1 is 1.13 bits per heavy atom. The monoisotopic (exact) mass is 429 g/mol. The van der Waals surface area contributed by atoms with Gasteiger partial charge in [0, 0.05) is 5.69 Å². The van der Waals surface area contributed by atoms with Gasteiger partial charge in [-0.1, -0.05) is 22.9 Å². The molecule has 3 amide bonds. The van der Waals surface area contributed by atoms with Crippen LogP contribution in [-0.4, -0.2) is 41.4 Å². The van der Waals surface area contributed by atoms with E-state index in [1.54, 1.807) is 6.07 Å². The Morgan fingerprint density at radius 2 is 1.90 bits per heavy atom. The second-order valence-electron chi connectivity index (χ2n) is 7.15. The van der Waals surface area contributed by atoms with E-state index in [1.165, 1.54) is 17.1 Å². The number of hydrogen-bond acceptors (Lipinski definition) is 6. The minimum atomic E-state index is -1.06. The summed E-state index contributed by atoms with van der Waals surface area (Å²) in [7, 11) is 0. The third kappa shape index (κ3) is 3.41. The van der Waals surface area contributed by atoms with Gasteiger partial charge in [-0.2, -0.15) is 5.11 Å². The first-order chi connectivity index (χ1) is 14.3. The second-order valence-corrected chi connectivity index (χ2v) is 7.56. The molecule has 10 heteroatoms. The van der Waals surface area contributed by atoms with Crippen LogP contribution in [0.1, 0.15) is 11.1 Å². The summed E-state index contributed by atoms with van der Waals surface area (Å²) >= 11 is 5.77. The van der Waals surface area contributed by atoms with Gasteiger partial charge in [0.05, 0.1) is 10.7 Å². The standard InChI is InChI=1S/C20H17ClFN5O3/c1-10-3-4-12(7-11(10)2)23-16(28)9-26-18-17(24-25-26)19(29)27(20(18)30)13-5-6-15(22)14(21)8-13/h3-8,17-18H,9H2,1-2H3,(H,23,28). The molecule has 2 aromatic rings. The molecule has 0 bridgehead atoms. The van der Waals surface area contributed by atoms with E-state index in [-0.39, 0.29) is 17.3 Å². The quantitative estimate of drug-likeness (QED) is 0.756. The molecule has 2 heterocycles. The van der Waals surface area contributed by atoms with Gasteiger partial charge in [0.25, 0.3) is 11.8 Å². The normalized spacial score (nSPS) is 20.1. The molecule has 30 heavy (non-hydrogen) atoms. The van der Waals surface area contributed by atoms with Gasteiger partial charge in [0.2, 0.25) is 5.91 Å². The van der Waals surface area contributed by atoms with Gasteiger partial charge in [-0.3, -0.25) is 19.4 Å². The van der Waals surface area contributed by atoms with Crippen LogP contribution in [0.15, 0.2) is 46.7 Å². The van der Waals surface area contributed by atoms with Crippen molar-refractivity contribution in [3.8, 4) is 0 Å². The maximum absolute atomic E-state index is 13.4. The van der Waals surface area contributed by atoms with E-state index in [0.29, 0.717) is 5.69 Å². The van der Waals surface area contributed by atoms with Crippen LogP contribution in [0, 0.1) is 19.7 Å². The zero-order valence-corrected chi connectivity index (χ0v) is 16.9. The number of benzene rings is 2. The number of aryl methyl sites for hydroxylation is 2. The van der Waals surface area contributed by atoms with Crippen LogP contribution in [0.3, 0.4) is 0 Å². The molecule has 154 valence electrons. The van der Waals surface area contributed by atoms with Crippen LogP contribution >= 0.6 is 11.6 Å². The van der Waals surface area contributed by atoms with Crippen LogP contribution in [0.2, 0.25) is 5.02 Å². The van der Waals surface area contributed by atoms with Crippen molar-refractivity contribution < 1.29 is 18.8 Å². The Kier molecular flexibility index (Phi) is 4.98. The van der Waals surface area contributed by atoms with Gasteiger partial charge in [-0.25, -0.2) is 9.29 Å². The van der Waals surface area contributed by atoms with Crippen LogP contribution < -0.4 is 10.2 Å². The molecule has 4 rings (SSSR count). The van der Waals surface area contributed by atoms with Gasteiger partial charge in [0.1, 0.15) is 12.4 Å². The number of fused-ring (bicyclic) bond motifs is 1. The predicted molar refractivity (Wildman–Crippen MR) is 108 cm³/mol. The smallest absolute Gasteiger partial charge is 0.263 e. The molecule has 2 aliphatic heterocycles. The van der Waals surface area contributed by atoms with E-state index in [4.69, 9.17) is 11.6 Å². The highest BCUT2D eigenvalue weighted by Gasteiger charge is 2.55. The summed E-state index contributed by atoms with van der Waals surface area (Å²) < 4.78 is 13.4. The number of halogens is 2. The predicted octanol–water partition coefficient (Wildman–Crippen LogP) is 3.03. The number of hydrogen-bond donors (Lipinski definition) is 1. The fourth-order valence-corrected chi connectivity index (χ4v) is 3.57. The lowest BCUT2D eigenvalue weighted by atomic mass is 10.1. The molecule has 2 atom stereocenters. The van der Waals surface area contributed by atoms with Crippen LogP contribution in [0.5, 0.6) is 0 Å². The van der Waals surface area contributed by atoms with Crippen molar-refractivity contribution in [1.29, 1.82) is 0 Å². The summed E-state index contributed by atoms with van der Waals surface area (Å²) in [6.45, 7) is 3.65. The molecule has 0 aliphatic carbocycles. The van der Waals surface area contributed by atoms with E-state index < -0.39 is 35.6 Å². The van der Waals surface area contributed by atoms with Crippen LogP contribution in [0.25, 0.3) is 0 Å². The van der Waals surface area contributed by atoms with Crippen molar-refractivity contribution in [3.63, 3.8) is 0 Å². The topological polar surface area (TPSA) is 94.4 Å². The third-order valence-electron chi connectivity index (χ3n) is 5.12. The number of carbonyl (C=O) groups excluding carboxylic acids is 3. The molecule has 1 N–H and O–H groups in total. The number of amides is 3. The molecule has 0 radical (unpaired) electrons. The van der Waals surface area contributed by atoms with E-state index in [9.17, 15) is 18.8 Å². The lowest BCUT2D eigenvalue weighted by molar-refractivity contribution is -0.123. The highest BCUT2D eigenvalue weighted by molar-refractivity contribution is 6.32. The Balaban J connectivity index is 1.49. The second kappa shape index (κ2) is 7.49. The van der Waals surface area contributed by atoms with Gasteiger partial charge in [-0.15, -0.1) is 0 Å². The third-order valence-corrected chi connectivity index (χ3v) is 5.41. The summed E-state index contributed by atoms with van der Waals surface area (Å²) in [6.07, 6.45) is 0. The number of anilines is 2. The van der Waals surface area contributed by atoms with Crippen molar-refractivity contribution >= 4 is 40.7 Å². The Labute approximate surface area is 176 Å². The fraction of sp³-hybridized carbons (Fsp3) is 0.250. The Morgan fingerprint density at radius 3 is 2.60 bits per heavy atom. The average molecular weight is 430 g/mol. The van der Waals surface area contributed by atoms with E-state index in [2.05, 4.69) is 15.7 Å². The fourth-order valence-electron chi connectivity index (χ4n) is 3.40. The summed E-state index contributed by atoms with van der Waals surface area (Å²) in [6, 6.07) is 6.96. The number of carbonyl (C=O) groups is 3. The zero-order valence-electron chi connectivity index (χ0n) is 16.1. The first-order valence-corrected chi connectivity index (χ1v) is 9.51. The van der Waals surface area contributed by atoms with Gasteiger partial charge in [-0.05, 0) is 55.3 Å². The molecule has 1 fully saturated rings. The molecule has 2 aromatic carbocycles. The molecule has 8 nitrogen and oxygen atoms in total. The zero-order chi connectivity index (χ0) is 21.6. The minimum Gasteiger partial charge on any atom is -0.324 e. The lowest BCUT2D eigenvalue weighted by Crippen LogP contribution is -2.43. The SMILES string of the molecule is Cc1ccc(NC(=O)CN2N=NC3C(=O)N(c4ccc(F)c(Cl)c4)C(=O)C32)cc1C. The minimum absolute atomic E-state index is 0.139. The molecular formula is C20H17ClFN5O3. The van der Waals surface area contributed by atoms with Gasteiger partial charge < -0.3 is 5.32 Å². The molecule has 0 spiro atoms. The first kappa shape index (κ1) is 20.0. The number of rotatable bonds is 4. The largest absolute Gasteiger partial charge is 0.324 e. The van der Waals surface area contributed by atoms with Gasteiger partial charge >= 0.3 is 0 Å². The number of imide groups is 1. The van der Waals surface area contributed by atoms with Crippen molar-refractivity contribution in [1.82, 2.24) is 5.01 Å². The summed E-state index contributed by atoms with van der Waals surface area (Å²) in [4.78, 5) is 38.9. The molecular weight excluding hydrogens is 413 g/mol. The van der Waals surface area contributed by atoms with Crippen LogP contribution in [-0.2, 0) is 14.4 Å². The van der Waals surface area contributed by atoms with Gasteiger partial charge in [0.15, 0.2) is 12.1 Å². The van der Waals surface area contributed by atoms with Crippen molar-refractivity contribution in [2.45, 2.75) is 25.9 Å². The summed E-state index contributed by atoms with van der Waals surface area (Å²) in [5.74, 6) is -2.27. The van der Waals surface area contributed by atoms with E-state index in [1.807, 2.05) is 26.0 Å². The summed E-state index contributed by atoms with van der Waals surface area (Å²) in [5, 5.41) is 11.4. The molecule has 0 saturated carbocycles. The molecule has 0 aromatic heterocycles. The van der Waals surface area contributed by atoms with E-state index >= 15 is 0 Å².